The molecular formula is C15H21N3O2S. The quantitative estimate of drug-likeness (QED) is 0.888. The molecule has 1 aromatic carbocycles. The zero-order valence-corrected chi connectivity index (χ0v) is 13.5. The number of hydrogen-bond donors (Lipinski definition) is 2. The predicted octanol–water partition coefficient (Wildman–Crippen LogP) is 3.46. The lowest BCUT2D eigenvalue weighted by Gasteiger charge is -2.08. The highest BCUT2D eigenvalue weighted by Gasteiger charge is 2.16. The molecule has 0 bridgehead atoms. The second-order valence-corrected chi connectivity index (χ2v) is 7.37. The first-order valence-corrected chi connectivity index (χ1v) is 8.46. The van der Waals surface area contributed by atoms with Crippen molar-refractivity contribution < 1.29 is 8.42 Å². The van der Waals surface area contributed by atoms with Gasteiger partial charge in [0, 0.05) is 11.8 Å². The smallest absolute Gasteiger partial charge is 0.263 e. The van der Waals surface area contributed by atoms with E-state index in [-0.39, 0.29) is 10.8 Å². The summed E-state index contributed by atoms with van der Waals surface area (Å²) < 4.78 is 27.1. The van der Waals surface area contributed by atoms with E-state index < -0.39 is 10.0 Å². The van der Waals surface area contributed by atoms with Crippen LogP contribution in [0, 0.1) is 0 Å². The molecule has 5 nitrogen and oxygen atoms in total. The molecule has 0 aliphatic heterocycles. The monoisotopic (exact) mass is 307 g/mol. The molecule has 0 saturated heterocycles. The van der Waals surface area contributed by atoms with Crippen LogP contribution in [-0.2, 0) is 10.0 Å². The third kappa shape index (κ3) is 3.64. The number of hydrogen-bond acceptors (Lipinski definition) is 3. The number of sulfonamides is 1. The van der Waals surface area contributed by atoms with E-state index in [1.165, 1.54) is 0 Å². The molecule has 0 atom stereocenters. The van der Waals surface area contributed by atoms with Crippen molar-refractivity contribution in [2.24, 2.45) is 0 Å². The Morgan fingerprint density at radius 2 is 1.67 bits per heavy atom. The maximum absolute atomic E-state index is 12.3. The fraction of sp³-hybridized carbons (Fsp3) is 0.400. The molecule has 0 saturated carbocycles. The van der Waals surface area contributed by atoms with Gasteiger partial charge in [-0.1, -0.05) is 39.8 Å². The van der Waals surface area contributed by atoms with E-state index in [4.69, 9.17) is 0 Å². The van der Waals surface area contributed by atoms with Crippen molar-refractivity contribution in [1.82, 2.24) is 10.2 Å². The van der Waals surface area contributed by atoms with Crippen molar-refractivity contribution in [1.29, 1.82) is 0 Å². The Hall–Kier alpha value is -1.82. The Kier molecular flexibility index (Phi) is 4.37. The zero-order chi connectivity index (χ0) is 15.6. The molecule has 0 aliphatic rings. The standard InChI is InChI=1S/C15H21N3O2S/c1-10(2)12-5-7-13(8-6-12)21(19,20)18-15-9-14(11(3)4)16-17-15/h5-11H,1-4H3,(H2,16,17,18). The van der Waals surface area contributed by atoms with E-state index in [1.807, 2.05) is 26.0 Å². The minimum Gasteiger partial charge on any atom is -0.280 e. The molecule has 6 heteroatoms. The van der Waals surface area contributed by atoms with Crippen LogP contribution in [0.5, 0.6) is 0 Å². The van der Waals surface area contributed by atoms with Gasteiger partial charge in [-0.2, -0.15) is 5.10 Å². The fourth-order valence-electron chi connectivity index (χ4n) is 1.91. The van der Waals surface area contributed by atoms with Crippen molar-refractivity contribution in [3.8, 4) is 0 Å². The molecule has 0 aliphatic carbocycles. The number of aromatic nitrogens is 2. The van der Waals surface area contributed by atoms with Gasteiger partial charge in [0.1, 0.15) is 0 Å². The van der Waals surface area contributed by atoms with Gasteiger partial charge in [-0.25, -0.2) is 8.42 Å². The summed E-state index contributed by atoms with van der Waals surface area (Å²) in [6, 6.07) is 8.62. The predicted molar refractivity (Wildman–Crippen MR) is 84.0 cm³/mol. The van der Waals surface area contributed by atoms with Gasteiger partial charge >= 0.3 is 0 Å². The highest BCUT2D eigenvalue weighted by atomic mass is 32.2. The van der Waals surface area contributed by atoms with E-state index in [0.717, 1.165) is 11.3 Å². The molecule has 2 rings (SSSR count). The topological polar surface area (TPSA) is 74.8 Å². The van der Waals surface area contributed by atoms with Crippen molar-refractivity contribution in [2.75, 3.05) is 4.72 Å². The fourth-order valence-corrected chi connectivity index (χ4v) is 2.91. The summed E-state index contributed by atoms with van der Waals surface area (Å²) >= 11 is 0. The highest BCUT2D eigenvalue weighted by molar-refractivity contribution is 7.92. The van der Waals surface area contributed by atoms with Crippen LogP contribution in [0.3, 0.4) is 0 Å². The van der Waals surface area contributed by atoms with E-state index >= 15 is 0 Å². The Labute approximate surface area is 125 Å². The second-order valence-electron chi connectivity index (χ2n) is 5.69. The molecule has 0 amide bonds. The van der Waals surface area contributed by atoms with E-state index in [2.05, 4.69) is 28.8 Å². The molecule has 2 aromatic rings. The molecule has 0 spiro atoms. The van der Waals surface area contributed by atoms with Gasteiger partial charge in [-0.15, -0.1) is 0 Å². The number of rotatable bonds is 5. The highest BCUT2D eigenvalue weighted by Crippen LogP contribution is 2.20. The lowest BCUT2D eigenvalue weighted by Crippen LogP contribution is -2.13. The summed E-state index contributed by atoms with van der Waals surface area (Å²) in [5, 5.41) is 6.80. The van der Waals surface area contributed by atoms with Gasteiger partial charge in [0.15, 0.2) is 5.82 Å². The number of nitrogens with zero attached hydrogens (tertiary/aromatic N) is 1. The van der Waals surface area contributed by atoms with E-state index in [1.54, 1.807) is 18.2 Å². The normalized spacial score (nSPS) is 12.1. The molecule has 0 unspecified atom stereocenters. The SMILES string of the molecule is CC(C)c1ccc(S(=O)(=O)Nc2cc(C(C)C)[nH]n2)cc1. The molecule has 0 radical (unpaired) electrons. The summed E-state index contributed by atoms with van der Waals surface area (Å²) in [6.07, 6.45) is 0. The minimum absolute atomic E-state index is 0.237. The molecule has 114 valence electrons. The summed E-state index contributed by atoms with van der Waals surface area (Å²) in [5.41, 5.74) is 2.00. The summed E-state index contributed by atoms with van der Waals surface area (Å²) in [5.74, 6) is 0.947. The van der Waals surface area contributed by atoms with Gasteiger partial charge in [0.05, 0.1) is 4.90 Å². The molecule has 2 N–H and O–H groups in total. The maximum atomic E-state index is 12.3. The minimum atomic E-state index is -3.60. The maximum Gasteiger partial charge on any atom is 0.263 e. The van der Waals surface area contributed by atoms with Gasteiger partial charge in [0.25, 0.3) is 10.0 Å². The van der Waals surface area contributed by atoms with Crippen LogP contribution in [0.2, 0.25) is 0 Å². The van der Waals surface area contributed by atoms with Crippen molar-refractivity contribution in [2.45, 2.75) is 44.4 Å². The summed E-state index contributed by atoms with van der Waals surface area (Å²) in [6.45, 7) is 8.16. The Morgan fingerprint density at radius 3 is 2.14 bits per heavy atom. The summed E-state index contributed by atoms with van der Waals surface area (Å²) in [7, 11) is -3.60. The number of nitrogens with one attached hydrogen (secondary N) is 2. The van der Waals surface area contributed by atoms with Crippen LogP contribution >= 0.6 is 0 Å². The second kappa shape index (κ2) is 5.89. The number of anilines is 1. The van der Waals surface area contributed by atoms with Crippen LogP contribution in [0.25, 0.3) is 0 Å². The van der Waals surface area contributed by atoms with Gasteiger partial charge in [-0.3, -0.25) is 9.82 Å². The summed E-state index contributed by atoms with van der Waals surface area (Å²) in [4.78, 5) is 0.237. The number of H-pyrrole nitrogens is 1. The van der Waals surface area contributed by atoms with Crippen LogP contribution in [0.1, 0.15) is 50.8 Å². The van der Waals surface area contributed by atoms with Crippen molar-refractivity contribution >= 4 is 15.8 Å². The molecule has 1 heterocycles. The number of aromatic amines is 1. The molecule has 1 aromatic heterocycles. The first-order valence-electron chi connectivity index (χ1n) is 6.97. The van der Waals surface area contributed by atoms with Crippen molar-refractivity contribution in [3.63, 3.8) is 0 Å². The van der Waals surface area contributed by atoms with Crippen molar-refractivity contribution in [3.05, 3.63) is 41.6 Å². The van der Waals surface area contributed by atoms with Crippen LogP contribution in [0.4, 0.5) is 5.82 Å². The molecule has 0 fully saturated rings. The first-order chi connectivity index (χ1) is 9.79. The Bertz CT molecular complexity index is 701. The first kappa shape index (κ1) is 15.6. The largest absolute Gasteiger partial charge is 0.280 e. The number of benzene rings is 1. The molecule has 21 heavy (non-hydrogen) atoms. The lowest BCUT2D eigenvalue weighted by molar-refractivity contribution is 0.601. The third-order valence-electron chi connectivity index (χ3n) is 3.32. The lowest BCUT2D eigenvalue weighted by atomic mass is 10.0. The Morgan fingerprint density at radius 1 is 1.05 bits per heavy atom. The average molecular weight is 307 g/mol. The Balaban J connectivity index is 2.21. The van der Waals surface area contributed by atoms with E-state index in [9.17, 15) is 8.42 Å². The van der Waals surface area contributed by atoms with Crippen LogP contribution < -0.4 is 4.72 Å². The van der Waals surface area contributed by atoms with Crippen LogP contribution in [0.15, 0.2) is 35.2 Å². The van der Waals surface area contributed by atoms with Gasteiger partial charge in [0.2, 0.25) is 0 Å². The van der Waals surface area contributed by atoms with Crippen LogP contribution in [-0.4, -0.2) is 18.6 Å². The third-order valence-corrected chi connectivity index (χ3v) is 4.69. The van der Waals surface area contributed by atoms with Gasteiger partial charge < -0.3 is 0 Å². The van der Waals surface area contributed by atoms with Gasteiger partial charge in [-0.05, 0) is 29.5 Å². The zero-order valence-electron chi connectivity index (χ0n) is 12.7. The molecular weight excluding hydrogens is 286 g/mol. The average Bonchev–Trinajstić information content (AvgIpc) is 2.87. The van der Waals surface area contributed by atoms with E-state index in [0.29, 0.717) is 11.7 Å².